The van der Waals surface area contributed by atoms with Crippen LogP contribution in [0.1, 0.15) is 17.5 Å². The van der Waals surface area contributed by atoms with Crippen molar-refractivity contribution in [2.75, 3.05) is 16.8 Å². The third kappa shape index (κ3) is 3.94. The maximum Gasteiger partial charge on any atom is 0.319 e. The van der Waals surface area contributed by atoms with Gasteiger partial charge in [-0.15, -0.1) is 0 Å². The van der Waals surface area contributed by atoms with E-state index in [-0.39, 0.29) is 24.4 Å². The first-order valence-corrected chi connectivity index (χ1v) is 8.51. The van der Waals surface area contributed by atoms with Gasteiger partial charge in [0, 0.05) is 29.4 Å². The van der Waals surface area contributed by atoms with Gasteiger partial charge in [-0.25, -0.2) is 4.79 Å². The molecule has 1 heterocycles. The van der Waals surface area contributed by atoms with E-state index in [1.165, 1.54) is 0 Å². The number of nitrogens with zero attached hydrogens (tertiary/aromatic N) is 1. The molecule has 0 radical (unpaired) electrons. The van der Waals surface area contributed by atoms with Gasteiger partial charge in [-0.2, -0.15) is 0 Å². The largest absolute Gasteiger partial charge is 0.333 e. The summed E-state index contributed by atoms with van der Waals surface area (Å²) >= 11 is 6.06. The van der Waals surface area contributed by atoms with Gasteiger partial charge in [0.15, 0.2) is 0 Å². The van der Waals surface area contributed by atoms with Gasteiger partial charge in [-0.3, -0.25) is 4.79 Å². The molecule has 130 valence electrons. The standard InChI is InChI=1S/C19H20ClN3O2/c1-12-6-8-15(9-7-12)23-11-14(10-18(23)24)21-19(25)22-17-5-3-4-16(20)13(17)2/h3-9,14H,10-11H2,1-2H3,(H2,21,22,25)/t14-/m0/s1. The fourth-order valence-electron chi connectivity index (χ4n) is 2.87. The lowest BCUT2D eigenvalue weighted by Gasteiger charge is -2.18. The van der Waals surface area contributed by atoms with Crippen molar-refractivity contribution in [3.05, 3.63) is 58.6 Å². The van der Waals surface area contributed by atoms with Crippen molar-refractivity contribution in [2.24, 2.45) is 0 Å². The van der Waals surface area contributed by atoms with Crippen molar-refractivity contribution in [1.82, 2.24) is 5.32 Å². The van der Waals surface area contributed by atoms with Gasteiger partial charge in [0.05, 0.1) is 6.04 Å². The number of halogens is 1. The van der Waals surface area contributed by atoms with Crippen LogP contribution < -0.4 is 15.5 Å². The number of carbonyl (C=O) groups is 2. The fraction of sp³-hybridized carbons (Fsp3) is 0.263. The number of hydrogen-bond donors (Lipinski definition) is 2. The van der Waals surface area contributed by atoms with Crippen LogP contribution >= 0.6 is 11.6 Å². The van der Waals surface area contributed by atoms with Gasteiger partial charge in [0.2, 0.25) is 5.91 Å². The Morgan fingerprint density at radius 2 is 1.88 bits per heavy atom. The summed E-state index contributed by atoms with van der Waals surface area (Å²) in [4.78, 5) is 26.2. The zero-order valence-electron chi connectivity index (χ0n) is 14.2. The molecule has 2 aromatic rings. The van der Waals surface area contributed by atoms with E-state index in [9.17, 15) is 9.59 Å². The Hall–Kier alpha value is -2.53. The second-order valence-electron chi connectivity index (χ2n) is 6.25. The number of rotatable bonds is 3. The van der Waals surface area contributed by atoms with E-state index in [1.54, 1.807) is 23.1 Å². The van der Waals surface area contributed by atoms with Crippen LogP contribution in [0.3, 0.4) is 0 Å². The summed E-state index contributed by atoms with van der Waals surface area (Å²) < 4.78 is 0. The van der Waals surface area contributed by atoms with Crippen LogP contribution in [0.4, 0.5) is 16.2 Å². The molecule has 0 aliphatic carbocycles. The van der Waals surface area contributed by atoms with Crippen molar-refractivity contribution in [2.45, 2.75) is 26.3 Å². The second-order valence-corrected chi connectivity index (χ2v) is 6.66. The van der Waals surface area contributed by atoms with Crippen LogP contribution in [0.15, 0.2) is 42.5 Å². The zero-order chi connectivity index (χ0) is 18.0. The molecule has 2 N–H and O–H groups in total. The maximum absolute atomic E-state index is 12.2. The van der Waals surface area contributed by atoms with Gasteiger partial charge in [-0.05, 0) is 43.7 Å². The SMILES string of the molecule is Cc1ccc(N2C[C@@H](NC(=O)Nc3cccc(Cl)c3C)CC2=O)cc1. The number of aryl methyl sites for hydroxylation is 1. The zero-order valence-corrected chi connectivity index (χ0v) is 14.9. The molecular formula is C19H20ClN3O2. The Morgan fingerprint density at radius 1 is 1.16 bits per heavy atom. The Morgan fingerprint density at radius 3 is 2.60 bits per heavy atom. The van der Waals surface area contributed by atoms with Crippen LogP contribution in [0.5, 0.6) is 0 Å². The molecule has 1 aliphatic heterocycles. The van der Waals surface area contributed by atoms with Crippen molar-refractivity contribution < 1.29 is 9.59 Å². The minimum atomic E-state index is -0.339. The number of nitrogens with one attached hydrogen (secondary N) is 2. The van der Waals surface area contributed by atoms with E-state index in [1.807, 2.05) is 38.1 Å². The van der Waals surface area contributed by atoms with Crippen molar-refractivity contribution >= 4 is 34.9 Å². The fourth-order valence-corrected chi connectivity index (χ4v) is 3.04. The summed E-state index contributed by atoms with van der Waals surface area (Å²) in [6.07, 6.45) is 0.288. The molecule has 1 atom stereocenters. The third-order valence-corrected chi connectivity index (χ3v) is 4.73. The molecule has 1 fully saturated rings. The van der Waals surface area contributed by atoms with Crippen LogP contribution in [0.25, 0.3) is 0 Å². The Balaban J connectivity index is 1.62. The highest BCUT2D eigenvalue weighted by Crippen LogP contribution is 2.24. The minimum absolute atomic E-state index is 0.00749. The monoisotopic (exact) mass is 357 g/mol. The molecule has 3 rings (SSSR count). The van der Waals surface area contributed by atoms with Crippen LogP contribution in [0, 0.1) is 13.8 Å². The van der Waals surface area contributed by atoms with Crippen molar-refractivity contribution in [3.63, 3.8) is 0 Å². The molecule has 0 saturated carbocycles. The number of urea groups is 1. The molecule has 25 heavy (non-hydrogen) atoms. The summed E-state index contributed by atoms with van der Waals surface area (Å²) in [5.74, 6) is 0.00749. The number of benzene rings is 2. The van der Waals surface area contributed by atoms with Gasteiger partial charge in [0.1, 0.15) is 0 Å². The van der Waals surface area contributed by atoms with Crippen LogP contribution in [0.2, 0.25) is 5.02 Å². The van der Waals surface area contributed by atoms with Gasteiger partial charge >= 0.3 is 6.03 Å². The van der Waals surface area contributed by atoms with E-state index < -0.39 is 0 Å². The summed E-state index contributed by atoms with van der Waals surface area (Å²) in [5.41, 5.74) is 3.46. The quantitative estimate of drug-likeness (QED) is 0.875. The highest BCUT2D eigenvalue weighted by molar-refractivity contribution is 6.31. The highest BCUT2D eigenvalue weighted by Gasteiger charge is 2.31. The number of anilines is 2. The summed E-state index contributed by atoms with van der Waals surface area (Å²) in [5, 5.41) is 6.25. The first-order valence-electron chi connectivity index (χ1n) is 8.13. The molecule has 2 aromatic carbocycles. The van der Waals surface area contributed by atoms with Crippen molar-refractivity contribution in [3.8, 4) is 0 Å². The second kappa shape index (κ2) is 7.15. The van der Waals surface area contributed by atoms with E-state index >= 15 is 0 Å². The lowest BCUT2D eigenvalue weighted by Crippen LogP contribution is -2.39. The summed E-state index contributed by atoms with van der Waals surface area (Å²) in [7, 11) is 0. The molecule has 3 amide bonds. The normalized spacial score (nSPS) is 16.8. The van der Waals surface area contributed by atoms with Crippen LogP contribution in [-0.4, -0.2) is 24.5 Å². The summed E-state index contributed by atoms with van der Waals surface area (Å²) in [6.45, 7) is 4.31. The first kappa shape index (κ1) is 17.3. The number of hydrogen-bond acceptors (Lipinski definition) is 2. The maximum atomic E-state index is 12.2. The average molecular weight is 358 g/mol. The van der Waals surface area contributed by atoms with Gasteiger partial charge in [-0.1, -0.05) is 35.4 Å². The van der Waals surface area contributed by atoms with Gasteiger partial charge < -0.3 is 15.5 Å². The predicted molar refractivity (Wildman–Crippen MR) is 100 cm³/mol. The van der Waals surface area contributed by atoms with E-state index in [0.29, 0.717) is 17.3 Å². The predicted octanol–water partition coefficient (Wildman–Crippen LogP) is 3.88. The summed E-state index contributed by atoms with van der Waals surface area (Å²) in [6, 6.07) is 12.6. The number of amides is 3. The van der Waals surface area contributed by atoms with Crippen molar-refractivity contribution in [1.29, 1.82) is 0 Å². The average Bonchev–Trinajstić information content (AvgIpc) is 2.93. The third-order valence-electron chi connectivity index (χ3n) is 4.32. The van der Waals surface area contributed by atoms with Crippen LogP contribution in [-0.2, 0) is 4.79 Å². The molecule has 6 heteroatoms. The topological polar surface area (TPSA) is 61.4 Å². The number of carbonyl (C=O) groups excluding carboxylic acids is 2. The van der Waals surface area contributed by atoms with E-state index in [0.717, 1.165) is 16.8 Å². The van der Waals surface area contributed by atoms with E-state index in [2.05, 4.69) is 10.6 Å². The molecule has 0 aromatic heterocycles. The molecule has 1 saturated heterocycles. The highest BCUT2D eigenvalue weighted by atomic mass is 35.5. The smallest absolute Gasteiger partial charge is 0.319 e. The minimum Gasteiger partial charge on any atom is -0.333 e. The Bertz CT molecular complexity index is 805. The molecular weight excluding hydrogens is 338 g/mol. The first-order chi connectivity index (χ1) is 11.9. The van der Waals surface area contributed by atoms with E-state index in [4.69, 9.17) is 11.6 Å². The Kier molecular flexibility index (Phi) is 4.95. The Labute approximate surface area is 152 Å². The molecule has 5 nitrogen and oxygen atoms in total. The lowest BCUT2D eigenvalue weighted by molar-refractivity contribution is -0.117. The molecule has 1 aliphatic rings. The van der Waals surface area contributed by atoms with Gasteiger partial charge in [0.25, 0.3) is 0 Å². The molecule has 0 spiro atoms. The molecule has 0 unspecified atom stereocenters. The molecule has 0 bridgehead atoms. The lowest BCUT2D eigenvalue weighted by atomic mass is 10.2.